The highest BCUT2D eigenvalue weighted by Gasteiger charge is 2.17. The third kappa shape index (κ3) is 4.97. The number of ether oxygens (including phenoxy) is 1. The van der Waals surface area contributed by atoms with Crippen molar-refractivity contribution in [1.29, 1.82) is 0 Å². The van der Waals surface area contributed by atoms with Gasteiger partial charge in [-0.15, -0.1) is 0 Å². The second kappa shape index (κ2) is 9.60. The van der Waals surface area contributed by atoms with Crippen LogP contribution in [0.2, 0.25) is 0 Å². The largest absolute Gasteiger partial charge is 0.375 e. The molecule has 8 heteroatoms. The number of nitrogens with one attached hydrogen (secondary N) is 2. The molecule has 1 unspecified atom stereocenters. The minimum Gasteiger partial charge on any atom is -0.375 e. The van der Waals surface area contributed by atoms with Gasteiger partial charge in [0.2, 0.25) is 5.91 Å². The third-order valence-corrected chi connectivity index (χ3v) is 5.46. The second-order valence-electron chi connectivity index (χ2n) is 6.33. The fraction of sp³-hybridized carbons (Fsp3) is 0.190. The summed E-state index contributed by atoms with van der Waals surface area (Å²) >= 11 is 0. The van der Waals surface area contributed by atoms with Crippen molar-refractivity contribution in [3.63, 3.8) is 0 Å². The number of carbonyl (C=O) groups excluding carboxylic acids is 1. The fourth-order valence-corrected chi connectivity index (χ4v) is 4.13. The predicted octanol–water partition coefficient (Wildman–Crippen LogP) is 3.17. The molecule has 3 rings (SSSR count). The molecule has 152 valence electrons. The van der Waals surface area contributed by atoms with Gasteiger partial charge in [0.1, 0.15) is 12.4 Å². The minimum absolute atomic E-state index is 0.0737. The molecule has 6 nitrogen and oxygen atoms in total. The Hall–Kier alpha value is -2.81. The van der Waals surface area contributed by atoms with Crippen LogP contribution in [0.1, 0.15) is 5.56 Å². The predicted molar refractivity (Wildman–Crippen MR) is 111 cm³/mol. The van der Waals surface area contributed by atoms with Gasteiger partial charge in [-0.05, 0) is 49.0 Å². The van der Waals surface area contributed by atoms with Crippen molar-refractivity contribution in [2.75, 3.05) is 26.1 Å². The zero-order valence-electron chi connectivity index (χ0n) is 16.1. The summed E-state index contributed by atoms with van der Waals surface area (Å²) in [5, 5.41) is 5.74. The van der Waals surface area contributed by atoms with Gasteiger partial charge in [0.05, 0.1) is 10.6 Å². The standard InChI is InChI=1S/C21H22FN3O3S/c1-23-12-15-10-20(18-8-3-4-9-19(18)22)25(13-15)29(27)17-7-5-6-16(11-17)24-21(26)14-28-2/h3-11,13,23H,12,14H2,1-2H3,(H,24,26). The number of benzene rings is 2. The molecule has 1 heterocycles. The number of nitrogens with zero attached hydrogens (tertiary/aromatic N) is 1. The molecule has 0 saturated carbocycles. The molecule has 2 N–H and O–H groups in total. The summed E-state index contributed by atoms with van der Waals surface area (Å²) in [6.07, 6.45) is 1.74. The van der Waals surface area contributed by atoms with Crippen LogP contribution in [0.3, 0.4) is 0 Å². The van der Waals surface area contributed by atoms with Gasteiger partial charge < -0.3 is 15.4 Å². The molecular formula is C21H22FN3O3S. The van der Waals surface area contributed by atoms with E-state index in [1.807, 2.05) is 13.1 Å². The van der Waals surface area contributed by atoms with Crippen LogP contribution in [0.4, 0.5) is 10.1 Å². The number of halogens is 1. The number of hydrogen-bond donors (Lipinski definition) is 2. The zero-order valence-corrected chi connectivity index (χ0v) is 17.0. The molecule has 1 atom stereocenters. The summed E-state index contributed by atoms with van der Waals surface area (Å²) in [7, 11) is 1.60. The number of aromatic nitrogens is 1. The summed E-state index contributed by atoms with van der Waals surface area (Å²) in [5.74, 6) is -0.694. The molecule has 29 heavy (non-hydrogen) atoms. The van der Waals surface area contributed by atoms with Gasteiger partial charge >= 0.3 is 0 Å². The van der Waals surface area contributed by atoms with Crippen LogP contribution >= 0.6 is 0 Å². The van der Waals surface area contributed by atoms with Gasteiger partial charge in [-0.1, -0.05) is 18.2 Å². The first-order valence-corrected chi connectivity index (χ1v) is 10.1. The Bertz CT molecular complexity index is 1040. The van der Waals surface area contributed by atoms with Gasteiger partial charge in [0.15, 0.2) is 11.0 Å². The molecule has 0 saturated heterocycles. The summed E-state index contributed by atoms with van der Waals surface area (Å²) in [5.41, 5.74) is 2.27. The van der Waals surface area contributed by atoms with Gasteiger partial charge in [-0.25, -0.2) is 8.60 Å². The monoisotopic (exact) mass is 415 g/mol. The Morgan fingerprint density at radius 3 is 2.69 bits per heavy atom. The van der Waals surface area contributed by atoms with E-state index >= 15 is 0 Å². The van der Waals surface area contributed by atoms with Crippen molar-refractivity contribution in [1.82, 2.24) is 9.29 Å². The summed E-state index contributed by atoms with van der Waals surface area (Å²) in [6, 6.07) is 14.9. The van der Waals surface area contributed by atoms with E-state index in [0.717, 1.165) is 5.56 Å². The highest BCUT2D eigenvalue weighted by Crippen LogP contribution is 2.28. The lowest BCUT2D eigenvalue weighted by molar-refractivity contribution is -0.119. The maximum absolute atomic E-state index is 14.4. The Balaban J connectivity index is 1.99. The molecule has 0 fully saturated rings. The SMILES string of the molecule is CNCc1cc(-c2ccccc2F)n(S(=O)c2cccc(NC(=O)COC)c2)c1. The number of hydrogen-bond acceptors (Lipinski definition) is 4. The molecule has 0 radical (unpaired) electrons. The first-order chi connectivity index (χ1) is 14.0. The molecular weight excluding hydrogens is 393 g/mol. The van der Waals surface area contributed by atoms with Crippen molar-refractivity contribution in [3.8, 4) is 11.3 Å². The molecule has 0 aliphatic carbocycles. The number of carbonyl (C=O) groups is 1. The highest BCUT2D eigenvalue weighted by atomic mass is 32.2. The van der Waals surface area contributed by atoms with E-state index in [-0.39, 0.29) is 18.3 Å². The number of methoxy groups -OCH3 is 1. The number of amides is 1. The van der Waals surface area contributed by atoms with Crippen LogP contribution in [0.5, 0.6) is 0 Å². The highest BCUT2D eigenvalue weighted by molar-refractivity contribution is 7.83. The molecule has 1 aromatic heterocycles. The first-order valence-electron chi connectivity index (χ1n) is 8.95. The molecule has 3 aromatic rings. The van der Waals surface area contributed by atoms with Crippen molar-refractivity contribution in [2.45, 2.75) is 11.4 Å². The average molecular weight is 415 g/mol. The van der Waals surface area contributed by atoms with Gasteiger partial charge in [0.25, 0.3) is 0 Å². The Morgan fingerprint density at radius 1 is 1.17 bits per heavy atom. The van der Waals surface area contributed by atoms with Crippen molar-refractivity contribution in [3.05, 3.63) is 72.2 Å². The molecule has 0 spiro atoms. The van der Waals surface area contributed by atoms with E-state index in [2.05, 4.69) is 10.6 Å². The van der Waals surface area contributed by atoms with Crippen molar-refractivity contribution in [2.24, 2.45) is 0 Å². The molecule has 0 aliphatic heterocycles. The Kier molecular flexibility index (Phi) is 6.92. The minimum atomic E-state index is -1.64. The number of anilines is 1. The van der Waals surface area contributed by atoms with Crippen LogP contribution in [-0.2, 0) is 27.1 Å². The lowest BCUT2D eigenvalue weighted by Gasteiger charge is -2.11. The third-order valence-electron chi connectivity index (χ3n) is 4.15. The van der Waals surface area contributed by atoms with Gasteiger partial charge in [0, 0.05) is 31.1 Å². The maximum atomic E-state index is 14.4. The van der Waals surface area contributed by atoms with Gasteiger partial charge in [-0.2, -0.15) is 0 Å². The normalized spacial score (nSPS) is 12.0. The smallest absolute Gasteiger partial charge is 0.250 e. The van der Waals surface area contributed by atoms with Gasteiger partial charge in [-0.3, -0.25) is 8.77 Å². The molecule has 0 aliphatic rings. The molecule has 0 bridgehead atoms. The van der Waals surface area contributed by atoms with Crippen LogP contribution < -0.4 is 10.6 Å². The van der Waals surface area contributed by atoms with E-state index in [4.69, 9.17) is 4.74 Å². The zero-order chi connectivity index (χ0) is 20.8. The topological polar surface area (TPSA) is 72.4 Å². The fourth-order valence-electron chi connectivity index (χ4n) is 2.92. The van der Waals surface area contributed by atoms with E-state index < -0.39 is 11.0 Å². The Labute approximate surface area is 171 Å². The Morgan fingerprint density at radius 2 is 1.97 bits per heavy atom. The van der Waals surface area contributed by atoms with Crippen LogP contribution in [-0.4, -0.2) is 34.9 Å². The van der Waals surface area contributed by atoms with E-state index in [0.29, 0.717) is 28.4 Å². The maximum Gasteiger partial charge on any atom is 0.250 e. The van der Waals surface area contributed by atoms with E-state index in [1.54, 1.807) is 52.6 Å². The van der Waals surface area contributed by atoms with E-state index in [1.165, 1.54) is 13.2 Å². The molecule has 2 aromatic carbocycles. The van der Waals surface area contributed by atoms with Crippen LogP contribution in [0.15, 0.2) is 65.7 Å². The van der Waals surface area contributed by atoms with Crippen molar-refractivity contribution < 1.29 is 18.1 Å². The quantitative estimate of drug-likeness (QED) is 0.593. The van der Waals surface area contributed by atoms with Crippen LogP contribution in [0.25, 0.3) is 11.3 Å². The lowest BCUT2D eigenvalue weighted by atomic mass is 10.1. The summed E-state index contributed by atoms with van der Waals surface area (Å²) in [4.78, 5) is 12.2. The van der Waals surface area contributed by atoms with E-state index in [9.17, 15) is 13.4 Å². The average Bonchev–Trinajstić information content (AvgIpc) is 3.12. The van der Waals surface area contributed by atoms with Crippen LogP contribution in [0, 0.1) is 5.82 Å². The van der Waals surface area contributed by atoms with Crippen molar-refractivity contribution >= 4 is 22.6 Å². The lowest BCUT2D eigenvalue weighted by Crippen LogP contribution is -2.17. The molecule has 1 amide bonds. The summed E-state index contributed by atoms with van der Waals surface area (Å²) < 4.78 is 34.1. The number of rotatable bonds is 8. The summed E-state index contributed by atoms with van der Waals surface area (Å²) in [6.45, 7) is 0.481. The first kappa shape index (κ1) is 20.9. The second-order valence-corrected chi connectivity index (χ2v) is 7.69.